The summed E-state index contributed by atoms with van der Waals surface area (Å²) in [6.07, 6.45) is 4.67. The van der Waals surface area contributed by atoms with Gasteiger partial charge in [-0.15, -0.1) is 0 Å². The molecule has 5 rings (SSSR count). The minimum atomic E-state index is 0.669. The Balaban J connectivity index is 1.85. The number of benzene rings is 3. The lowest BCUT2D eigenvalue weighted by atomic mass is 9.84. The Kier molecular flexibility index (Phi) is 4.41. The summed E-state index contributed by atoms with van der Waals surface area (Å²) in [5.74, 6) is 1.59. The molecule has 4 nitrogen and oxygen atoms in total. The van der Waals surface area contributed by atoms with E-state index in [1.54, 1.807) is 14.2 Å². The van der Waals surface area contributed by atoms with Crippen LogP contribution in [0.1, 0.15) is 29.5 Å². The molecule has 0 saturated carbocycles. The third-order valence-electron chi connectivity index (χ3n) is 6.65. The largest absolute Gasteiger partial charge is 0.493 e. The van der Waals surface area contributed by atoms with Crippen molar-refractivity contribution in [2.24, 2.45) is 5.73 Å². The maximum Gasteiger partial charge on any atom is 0.161 e. The first-order chi connectivity index (χ1) is 13.7. The lowest BCUT2D eigenvalue weighted by Gasteiger charge is -2.33. The number of hydrogen-bond acceptors (Lipinski definition) is 4. The Morgan fingerprint density at radius 3 is 2.46 bits per heavy atom. The van der Waals surface area contributed by atoms with Crippen molar-refractivity contribution in [3.63, 3.8) is 0 Å². The van der Waals surface area contributed by atoms with Crippen LogP contribution >= 0.6 is 0 Å². The van der Waals surface area contributed by atoms with E-state index in [4.69, 9.17) is 15.2 Å². The van der Waals surface area contributed by atoms with Gasteiger partial charge in [0, 0.05) is 12.6 Å². The van der Waals surface area contributed by atoms with E-state index >= 15 is 0 Å². The first-order valence-electron chi connectivity index (χ1n) is 10.3. The Morgan fingerprint density at radius 2 is 1.71 bits per heavy atom. The highest BCUT2D eigenvalue weighted by Crippen LogP contribution is 2.43. The molecule has 0 amide bonds. The minimum Gasteiger partial charge on any atom is -0.493 e. The fourth-order valence-electron chi connectivity index (χ4n) is 5.26. The fraction of sp³-hybridized carbons (Fsp3) is 0.417. The molecule has 1 fully saturated rings. The Labute approximate surface area is 166 Å². The van der Waals surface area contributed by atoms with Crippen LogP contribution in [-0.2, 0) is 19.4 Å². The Bertz CT molecular complexity index is 1060. The van der Waals surface area contributed by atoms with Crippen LogP contribution in [0, 0.1) is 0 Å². The van der Waals surface area contributed by atoms with Gasteiger partial charge in [-0.2, -0.15) is 0 Å². The average molecular weight is 377 g/mol. The molecule has 0 radical (unpaired) electrons. The maximum absolute atomic E-state index is 5.83. The molecule has 0 spiro atoms. The van der Waals surface area contributed by atoms with Crippen molar-refractivity contribution in [2.75, 3.05) is 27.3 Å². The first-order valence-corrected chi connectivity index (χ1v) is 10.3. The van der Waals surface area contributed by atoms with Crippen molar-refractivity contribution in [3.05, 3.63) is 47.0 Å². The van der Waals surface area contributed by atoms with Gasteiger partial charge in [-0.1, -0.05) is 18.2 Å². The molecule has 1 atom stereocenters. The van der Waals surface area contributed by atoms with E-state index in [-0.39, 0.29) is 0 Å². The quantitative estimate of drug-likeness (QED) is 0.699. The van der Waals surface area contributed by atoms with Crippen LogP contribution < -0.4 is 15.2 Å². The molecular weight excluding hydrogens is 348 g/mol. The predicted molar refractivity (Wildman–Crippen MR) is 114 cm³/mol. The lowest BCUT2D eigenvalue weighted by Crippen LogP contribution is -2.35. The normalized spacial score (nSPS) is 19.0. The van der Waals surface area contributed by atoms with E-state index in [0.29, 0.717) is 12.6 Å². The molecule has 0 aromatic heterocycles. The molecule has 1 saturated heterocycles. The number of ether oxygens (including phenoxy) is 2. The van der Waals surface area contributed by atoms with Crippen molar-refractivity contribution in [1.82, 2.24) is 4.90 Å². The van der Waals surface area contributed by atoms with Gasteiger partial charge in [0.25, 0.3) is 0 Å². The van der Waals surface area contributed by atoms with Gasteiger partial charge >= 0.3 is 0 Å². The van der Waals surface area contributed by atoms with Gasteiger partial charge in [0.2, 0.25) is 0 Å². The Hall–Kier alpha value is -2.30. The monoisotopic (exact) mass is 376 g/mol. The molecule has 2 aliphatic heterocycles. The van der Waals surface area contributed by atoms with E-state index < -0.39 is 0 Å². The van der Waals surface area contributed by atoms with Crippen LogP contribution in [0.2, 0.25) is 0 Å². The van der Waals surface area contributed by atoms with Gasteiger partial charge in [-0.25, -0.2) is 0 Å². The molecule has 146 valence electrons. The zero-order chi connectivity index (χ0) is 19.3. The van der Waals surface area contributed by atoms with Crippen LogP contribution in [0.25, 0.3) is 21.5 Å². The van der Waals surface area contributed by atoms with Gasteiger partial charge in [-0.3, -0.25) is 4.90 Å². The van der Waals surface area contributed by atoms with Crippen molar-refractivity contribution in [1.29, 1.82) is 0 Å². The van der Waals surface area contributed by atoms with Crippen molar-refractivity contribution >= 4 is 21.5 Å². The lowest BCUT2D eigenvalue weighted by molar-refractivity contribution is 0.229. The van der Waals surface area contributed by atoms with Gasteiger partial charge < -0.3 is 15.2 Å². The Morgan fingerprint density at radius 1 is 0.964 bits per heavy atom. The third kappa shape index (κ3) is 2.66. The zero-order valence-corrected chi connectivity index (χ0v) is 16.8. The second-order valence-electron chi connectivity index (χ2n) is 8.10. The maximum atomic E-state index is 5.83. The number of rotatable bonds is 4. The van der Waals surface area contributed by atoms with Crippen LogP contribution in [0.4, 0.5) is 0 Å². The second-order valence-corrected chi connectivity index (χ2v) is 8.10. The molecule has 0 unspecified atom stereocenters. The minimum absolute atomic E-state index is 0.669. The molecule has 2 N–H and O–H groups in total. The highest BCUT2D eigenvalue weighted by atomic mass is 16.5. The standard InChI is InChI=1S/C24H28N2O2/c1-27-23-12-20-18-10-15(7-8-25)5-6-17(18)19-11-16-4-3-9-26(16)14-22(19)21(20)13-24(23)28-2/h5-6,10,12-13,16H,3-4,7-9,11,14,25H2,1-2H3/t16-/m0/s1. The summed E-state index contributed by atoms with van der Waals surface area (Å²) in [6, 6.07) is 11.9. The molecule has 2 aliphatic rings. The first kappa shape index (κ1) is 17.8. The van der Waals surface area contributed by atoms with Gasteiger partial charge in [-0.05, 0) is 89.1 Å². The molecule has 0 aliphatic carbocycles. The summed E-state index contributed by atoms with van der Waals surface area (Å²) < 4.78 is 11.3. The number of methoxy groups -OCH3 is 2. The van der Waals surface area contributed by atoms with Crippen LogP contribution in [-0.4, -0.2) is 38.3 Å². The topological polar surface area (TPSA) is 47.7 Å². The van der Waals surface area contributed by atoms with Crippen molar-refractivity contribution < 1.29 is 9.47 Å². The molecule has 3 aromatic rings. The second kappa shape index (κ2) is 6.94. The van der Waals surface area contributed by atoms with E-state index in [0.717, 1.165) is 30.9 Å². The van der Waals surface area contributed by atoms with Crippen LogP contribution in [0.3, 0.4) is 0 Å². The van der Waals surface area contributed by atoms with Crippen LogP contribution in [0.5, 0.6) is 11.5 Å². The summed E-state index contributed by atoms with van der Waals surface area (Å²) in [5.41, 5.74) is 10.1. The summed E-state index contributed by atoms with van der Waals surface area (Å²) in [7, 11) is 3.42. The van der Waals surface area contributed by atoms with Gasteiger partial charge in [0.15, 0.2) is 11.5 Å². The van der Waals surface area contributed by atoms with E-state index in [1.165, 1.54) is 57.6 Å². The van der Waals surface area contributed by atoms with E-state index in [2.05, 4.69) is 35.2 Å². The summed E-state index contributed by atoms with van der Waals surface area (Å²) >= 11 is 0. The van der Waals surface area contributed by atoms with E-state index in [9.17, 15) is 0 Å². The molecular formula is C24H28N2O2. The molecule has 28 heavy (non-hydrogen) atoms. The molecule has 3 aromatic carbocycles. The summed E-state index contributed by atoms with van der Waals surface area (Å²) in [5, 5.41) is 5.26. The number of fused-ring (bicyclic) bond motifs is 7. The number of hydrogen-bond donors (Lipinski definition) is 1. The van der Waals surface area contributed by atoms with Crippen LogP contribution in [0.15, 0.2) is 30.3 Å². The van der Waals surface area contributed by atoms with Gasteiger partial charge in [0.05, 0.1) is 14.2 Å². The van der Waals surface area contributed by atoms with Crippen molar-refractivity contribution in [2.45, 2.75) is 38.3 Å². The smallest absolute Gasteiger partial charge is 0.161 e. The predicted octanol–water partition coefficient (Wildman–Crippen LogP) is 4.03. The van der Waals surface area contributed by atoms with E-state index in [1.807, 2.05) is 0 Å². The third-order valence-corrected chi connectivity index (χ3v) is 6.65. The van der Waals surface area contributed by atoms with Gasteiger partial charge in [0.1, 0.15) is 0 Å². The summed E-state index contributed by atoms with van der Waals surface area (Å²) in [4.78, 5) is 2.66. The molecule has 0 bridgehead atoms. The number of nitrogens with zero attached hydrogens (tertiary/aromatic N) is 1. The molecule has 2 heterocycles. The zero-order valence-electron chi connectivity index (χ0n) is 16.8. The fourth-order valence-corrected chi connectivity index (χ4v) is 5.26. The summed E-state index contributed by atoms with van der Waals surface area (Å²) in [6.45, 7) is 2.92. The average Bonchev–Trinajstić information content (AvgIpc) is 3.19. The highest BCUT2D eigenvalue weighted by Gasteiger charge is 2.32. The SMILES string of the molecule is COc1cc2c3c(c4ccc(CCN)cc4c2cc1OC)C[C@@H]1CCCN1C3. The number of nitrogens with two attached hydrogens (primary N) is 1. The molecule has 4 heteroatoms. The highest BCUT2D eigenvalue weighted by molar-refractivity contribution is 6.12. The van der Waals surface area contributed by atoms with Crippen molar-refractivity contribution in [3.8, 4) is 11.5 Å².